The molecule has 0 saturated carbocycles. The van der Waals surface area contributed by atoms with E-state index in [9.17, 15) is 14.3 Å². The van der Waals surface area contributed by atoms with E-state index in [2.05, 4.69) is 0 Å². The molecule has 120 valence electrons. The Kier molecular flexibility index (Phi) is 4.69. The van der Waals surface area contributed by atoms with E-state index in [0.717, 1.165) is 11.1 Å². The second-order valence-corrected chi connectivity index (χ2v) is 5.46. The number of hydrogen-bond acceptors (Lipinski definition) is 3. The van der Waals surface area contributed by atoms with Gasteiger partial charge in [0.15, 0.2) is 0 Å². The van der Waals surface area contributed by atoms with Crippen LogP contribution in [0.2, 0.25) is 0 Å². The molecule has 3 rings (SSSR count). The van der Waals surface area contributed by atoms with Crippen molar-refractivity contribution < 1.29 is 19.0 Å². The molecule has 1 amide bonds. The van der Waals surface area contributed by atoms with E-state index in [-0.39, 0.29) is 24.4 Å². The number of carbonyl (C=O) groups is 1. The fraction of sp³-hybridized carbons (Fsp3) is 0.278. The summed E-state index contributed by atoms with van der Waals surface area (Å²) < 4.78 is 18.5. The molecule has 1 aliphatic rings. The lowest BCUT2D eigenvalue weighted by Gasteiger charge is -2.35. The number of carbonyl (C=O) groups excluding carboxylic acids is 1. The molecule has 1 saturated heterocycles. The first-order valence-corrected chi connectivity index (χ1v) is 7.55. The van der Waals surface area contributed by atoms with Crippen LogP contribution in [-0.2, 0) is 4.74 Å². The molecule has 1 aliphatic heterocycles. The van der Waals surface area contributed by atoms with Crippen LogP contribution in [0, 0.1) is 5.82 Å². The average molecular weight is 315 g/mol. The van der Waals surface area contributed by atoms with Crippen LogP contribution >= 0.6 is 0 Å². The molecule has 0 radical (unpaired) electrons. The number of amides is 1. The quantitative estimate of drug-likeness (QED) is 0.946. The fourth-order valence-corrected chi connectivity index (χ4v) is 2.78. The molecule has 4 nitrogen and oxygen atoms in total. The third-order valence-electron chi connectivity index (χ3n) is 4.01. The Morgan fingerprint density at radius 1 is 1.22 bits per heavy atom. The van der Waals surface area contributed by atoms with Crippen LogP contribution in [0.5, 0.6) is 0 Å². The molecule has 2 aromatic rings. The predicted molar refractivity (Wildman–Crippen MR) is 84.6 cm³/mol. The van der Waals surface area contributed by atoms with Gasteiger partial charge in [-0.1, -0.05) is 30.3 Å². The van der Waals surface area contributed by atoms with E-state index in [1.54, 1.807) is 29.2 Å². The Morgan fingerprint density at radius 2 is 1.96 bits per heavy atom. The highest BCUT2D eigenvalue weighted by Gasteiger charge is 2.28. The normalized spacial score (nSPS) is 18.0. The van der Waals surface area contributed by atoms with Gasteiger partial charge in [-0.15, -0.1) is 0 Å². The second-order valence-electron chi connectivity index (χ2n) is 5.46. The first-order valence-electron chi connectivity index (χ1n) is 7.55. The molecule has 1 N–H and O–H groups in total. The molecular weight excluding hydrogens is 297 g/mol. The van der Waals surface area contributed by atoms with Crippen molar-refractivity contribution in [3.8, 4) is 11.1 Å². The zero-order chi connectivity index (χ0) is 16.2. The number of morpholine rings is 1. The lowest BCUT2D eigenvalue weighted by molar-refractivity contribution is -0.0183. The maximum atomic E-state index is 13.1. The van der Waals surface area contributed by atoms with Crippen LogP contribution < -0.4 is 0 Å². The van der Waals surface area contributed by atoms with E-state index < -0.39 is 0 Å². The van der Waals surface area contributed by atoms with E-state index in [1.165, 1.54) is 12.1 Å². The number of nitrogens with zero attached hydrogens (tertiary/aromatic N) is 1. The van der Waals surface area contributed by atoms with Gasteiger partial charge in [-0.2, -0.15) is 0 Å². The molecule has 0 aliphatic carbocycles. The van der Waals surface area contributed by atoms with Gasteiger partial charge < -0.3 is 14.7 Å². The summed E-state index contributed by atoms with van der Waals surface area (Å²) >= 11 is 0. The Balaban J connectivity index is 1.96. The van der Waals surface area contributed by atoms with Gasteiger partial charge in [-0.25, -0.2) is 4.39 Å². The second kappa shape index (κ2) is 6.89. The van der Waals surface area contributed by atoms with Crippen LogP contribution in [0.3, 0.4) is 0 Å². The van der Waals surface area contributed by atoms with Gasteiger partial charge in [0.2, 0.25) is 0 Å². The SMILES string of the molecule is O=C(c1ccccc1-c1ccc(F)cc1)N1CCOC[C@@H]1CO. The van der Waals surface area contributed by atoms with Gasteiger partial charge in [0.05, 0.1) is 25.9 Å². The third-order valence-corrected chi connectivity index (χ3v) is 4.01. The standard InChI is InChI=1S/C18H18FNO3/c19-14-7-5-13(6-8-14)16-3-1-2-4-17(16)18(22)20-9-10-23-12-15(20)11-21/h1-8,15,21H,9-12H2/t15-/m0/s1. The maximum Gasteiger partial charge on any atom is 0.254 e. The minimum absolute atomic E-state index is 0.134. The highest BCUT2D eigenvalue weighted by Crippen LogP contribution is 2.26. The van der Waals surface area contributed by atoms with Gasteiger partial charge in [0, 0.05) is 12.1 Å². The van der Waals surface area contributed by atoms with Crippen molar-refractivity contribution in [2.45, 2.75) is 6.04 Å². The molecule has 1 heterocycles. The van der Waals surface area contributed by atoms with Crippen molar-refractivity contribution in [1.82, 2.24) is 4.90 Å². The number of aliphatic hydroxyl groups is 1. The summed E-state index contributed by atoms with van der Waals surface area (Å²) in [6.07, 6.45) is 0. The monoisotopic (exact) mass is 315 g/mol. The largest absolute Gasteiger partial charge is 0.394 e. The van der Waals surface area contributed by atoms with Crippen LogP contribution in [0.15, 0.2) is 48.5 Å². The number of ether oxygens (including phenoxy) is 1. The van der Waals surface area contributed by atoms with Crippen molar-refractivity contribution in [2.75, 3.05) is 26.4 Å². The molecule has 0 bridgehead atoms. The summed E-state index contributed by atoms with van der Waals surface area (Å²) in [5.74, 6) is -0.460. The lowest BCUT2D eigenvalue weighted by Crippen LogP contribution is -2.50. The topological polar surface area (TPSA) is 49.8 Å². The molecule has 1 fully saturated rings. The maximum absolute atomic E-state index is 13.1. The van der Waals surface area contributed by atoms with Crippen molar-refractivity contribution in [3.05, 3.63) is 59.9 Å². The van der Waals surface area contributed by atoms with Crippen LogP contribution in [0.25, 0.3) is 11.1 Å². The Bertz CT molecular complexity index is 687. The number of hydrogen-bond donors (Lipinski definition) is 1. The van der Waals surface area contributed by atoms with Gasteiger partial charge in [-0.3, -0.25) is 4.79 Å². The molecule has 23 heavy (non-hydrogen) atoms. The number of benzene rings is 2. The predicted octanol–water partition coefficient (Wildman–Crippen LogP) is 2.33. The molecule has 5 heteroatoms. The Hall–Kier alpha value is -2.24. The zero-order valence-corrected chi connectivity index (χ0v) is 12.6. The van der Waals surface area contributed by atoms with Gasteiger partial charge in [0.1, 0.15) is 5.82 Å². The highest BCUT2D eigenvalue weighted by atomic mass is 19.1. The smallest absolute Gasteiger partial charge is 0.254 e. The first kappa shape index (κ1) is 15.6. The van der Waals surface area contributed by atoms with E-state index in [4.69, 9.17) is 4.74 Å². The van der Waals surface area contributed by atoms with Gasteiger partial charge in [-0.05, 0) is 29.3 Å². The first-order chi connectivity index (χ1) is 11.2. The summed E-state index contributed by atoms with van der Waals surface area (Å²) in [5.41, 5.74) is 2.07. The fourth-order valence-electron chi connectivity index (χ4n) is 2.78. The number of rotatable bonds is 3. The van der Waals surface area contributed by atoms with Crippen molar-refractivity contribution >= 4 is 5.91 Å². The van der Waals surface area contributed by atoms with Crippen molar-refractivity contribution in [1.29, 1.82) is 0 Å². The lowest BCUT2D eigenvalue weighted by atomic mass is 9.98. The summed E-state index contributed by atoms with van der Waals surface area (Å²) in [7, 11) is 0. The number of halogens is 1. The van der Waals surface area contributed by atoms with Gasteiger partial charge in [0.25, 0.3) is 5.91 Å². The molecule has 0 aromatic heterocycles. The summed E-state index contributed by atoms with van der Waals surface area (Å²) in [5, 5.41) is 9.46. The Labute approximate surface area is 134 Å². The van der Waals surface area contributed by atoms with Crippen molar-refractivity contribution in [2.24, 2.45) is 0 Å². The van der Waals surface area contributed by atoms with E-state index in [1.807, 2.05) is 12.1 Å². The minimum atomic E-state index is -0.336. The van der Waals surface area contributed by atoms with Crippen LogP contribution in [0.1, 0.15) is 10.4 Å². The third kappa shape index (κ3) is 3.25. The minimum Gasteiger partial charge on any atom is -0.394 e. The van der Waals surface area contributed by atoms with Crippen molar-refractivity contribution in [3.63, 3.8) is 0 Å². The highest BCUT2D eigenvalue weighted by molar-refractivity contribution is 6.01. The Morgan fingerprint density at radius 3 is 2.70 bits per heavy atom. The van der Waals surface area contributed by atoms with Crippen LogP contribution in [-0.4, -0.2) is 48.3 Å². The molecular formula is C18H18FNO3. The summed E-state index contributed by atoms with van der Waals surface area (Å²) in [6.45, 7) is 1.11. The van der Waals surface area contributed by atoms with E-state index in [0.29, 0.717) is 25.3 Å². The van der Waals surface area contributed by atoms with Gasteiger partial charge >= 0.3 is 0 Å². The van der Waals surface area contributed by atoms with Crippen LogP contribution in [0.4, 0.5) is 4.39 Å². The molecule has 0 unspecified atom stereocenters. The van der Waals surface area contributed by atoms with E-state index >= 15 is 0 Å². The zero-order valence-electron chi connectivity index (χ0n) is 12.6. The summed E-state index contributed by atoms with van der Waals surface area (Å²) in [6, 6.07) is 13.0. The average Bonchev–Trinajstić information content (AvgIpc) is 2.62. The molecule has 2 aromatic carbocycles. The molecule has 0 spiro atoms. The number of aliphatic hydroxyl groups excluding tert-OH is 1. The summed E-state index contributed by atoms with van der Waals surface area (Å²) in [4.78, 5) is 14.6. The molecule has 1 atom stereocenters.